The van der Waals surface area contributed by atoms with Gasteiger partial charge < -0.3 is 29.3 Å². The summed E-state index contributed by atoms with van der Waals surface area (Å²) in [4.78, 5) is 40.6. The predicted octanol–water partition coefficient (Wildman–Crippen LogP) is 4.66. The van der Waals surface area contributed by atoms with Gasteiger partial charge in [0.05, 0.1) is 0 Å². The maximum absolute atomic E-state index is 12.8. The number of aromatic nitrogens is 1. The summed E-state index contributed by atoms with van der Waals surface area (Å²) in [6.07, 6.45) is 5.83. The lowest BCUT2D eigenvalue weighted by atomic mass is 9.94. The number of fused-ring (bicyclic) bond motifs is 5. The number of carbonyl (C=O) groups is 2. The number of nitrogens with one attached hydrogen (secondary N) is 2. The van der Waals surface area contributed by atoms with E-state index in [0.29, 0.717) is 27.7 Å². The van der Waals surface area contributed by atoms with E-state index in [9.17, 15) is 24.6 Å². The normalized spacial score (nSPS) is 14.1. The van der Waals surface area contributed by atoms with Gasteiger partial charge in [-0.15, -0.1) is 0 Å². The van der Waals surface area contributed by atoms with E-state index < -0.39 is 23.5 Å². The Kier molecular flexibility index (Phi) is 6.13. The number of carboxylic acid groups (broad SMARTS) is 1. The molecule has 1 aliphatic carbocycles. The first-order valence-corrected chi connectivity index (χ1v) is 13.1. The molecule has 1 atom stereocenters. The smallest absolute Gasteiger partial charge is 0.339 e. The fraction of sp³-hybridized carbons (Fsp3) is 0.300. The van der Waals surface area contributed by atoms with E-state index in [-0.39, 0.29) is 25.0 Å². The minimum Gasteiger partial charge on any atom is -0.508 e. The second-order valence-corrected chi connectivity index (χ2v) is 10.3. The van der Waals surface area contributed by atoms with Gasteiger partial charge in [0.2, 0.25) is 5.91 Å². The number of aromatic amines is 1. The van der Waals surface area contributed by atoms with Crippen LogP contribution in [0.25, 0.3) is 32.8 Å². The number of furan rings is 1. The van der Waals surface area contributed by atoms with Crippen LogP contribution in [0.2, 0.25) is 0 Å². The van der Waals surface area contributed by atoms with E-state index in [1.165, 1.54) is 11.6 Å². The Labute approximate surface area is 222 Å². The highest BCUT2D eigenvalue weighted by atomic mass is 16.4. The van der Waals surface area contributed by atoms with Crippen molar-refractivity contribution in [2.75, 3.05) is 0 Å². The number of rotatable bonds is 7. The van der Waals surface area contributed by atoms with Crippen LogP contribution in [0.15, 0.2) is 50.2 Å². The number of hydrogen-bond acceptors (Lipinski definition) is 6. The average Bonchev–Trinajstić information content (AvgIpc) is 3.47. The highest BCUT2D eigenvalue weighted by Crippen LogP contribution is 2.35. The van der Waals surface area contributed by atoms with Gasteiger partial charge in [0.15, 0.2) is 0 Å². The monoisotopic (exact) mass is 528 g/mol. The first-order valence-electron chi connectivity index (χ1n) is 13.1. The molecule has 9 heteroatoms. The van der Waals surface area contributed by atoms with Crippen molar-refractivity contribution < 1.29 is 28.6 Å². The Hall–Kier alpha value is -4.53. The number of H-pyrrole nitrogens is 1. The molecule has 2 aromatic carbocycles. The second-order valence-electron chi connectivity index (χ2n) is 10.3. The van der Waals surface area contributed by atoms with Crippen LogP contribution in [-0.4, -0.2) is 33.1 Å². The van der Waals surface area contributed by atoms with Crippen LogP contribution in [0.1, 0.15) is 47.3 Å². The van der Waals surface area contributed by atoms with Gasteiger partial charge in [-0.25, -0.2) is 9.59 Å². The molecule has 1 aliphatic rings. The predicted molar refractivity (Wildman–Crippen MR) is 145 cm³/mol. The Morgan fingerprint density at radius 1 is 1.05 bits per heavy atom. The maximum atomic E-state index is 12.8. The fourth-order valence-corrected chi connectivity index (χ4v) is 5.69. The van der Waals surface area contributed by atoms with Crippen molar-refractivity contribution in [3.05, 3.63) is 75.0 Å². The highest BCUT2D eigenvalue weighted by Gasteiger charge is 2.24. The molecule has 0 radical (unpaired) electrons. The summed E-state index contributed by atoms with van der Waals surface area (Å²) in [6.45, 7) is 1.84. The van der Waals surface area contributed by atoms with Gasteiger partial charge in [-0.1, -0.05) is 0 Å². The second kappa shape index (κ2) is 9.65. The Morgan fingerprint density at radius 2 is 1.85 bits per heavy atom. The van der Waals surface area contributed by atoms with E-state index >= 15 is 0 Å². The zero-order valence-electron chi connectivity index (χ0n) is 21.4. The molecule has 0 aliphatic heterocycles. The summed E-state index contributed by atoms with van der Waals surface area (Å²) in [5.41, 5.74) is 4.42. The molecule has 39 heavy (non-hydrogen) atoms. The van der Waals surface area contributed by atoms with Gasteiger partial charge in [-0.3, -0.25) is 4.79 Å². The molecule has 0 unspecified atom stereocenters. The van der Waals surface area contributed by atoms with Crippen molar-refractivity contribution in [3.8, 4) is 5.75 Å². The summed E-state index contributed by atoms with van der Waals surface area (Å²) in [6, 6.07) is 7.41. The van der Waals surface area contributed by atoms with Crippen molar-refractivity contribution in [3.63, 3.8) is 0 Å². The molecule has 3 aromatic heterocycles. The average molecular weight is 529 g/mol. The van der Waals surface area contributed by atoms with Crippen molar-refractivity contribution in [2.24, 2.45) is 0 Å². The number of carbonyl (C=O) groups excluding carboxylic acids is 1. The van der Waals surface area contributed by atoms with Crippen LogP contribution in [0.4, 0.5) is 0 Å². The number of aromatic hydroxyl groups is 1. The number of phenolic OH excluding ortho intramolecular Hbond substituents is 1. The Balaban J connectivity index is 1.21. The summed E-state index contributed by atoms with van der Waals surface area (Å²) in [7, 11) is 0. The molecule has 4 N–H and O–H groups in total. The van der Waals surface area contributed by atoms with Crippen molar-refractivity contribution >= 4 is 44.7 Å². The van der Waals surface area contributed by atoms with E-state index in [0.717, 1.165) is 53.3 Å². The summed E-state index contributed by atoms with van der Waals surface area (Å²) < 4.78 is 11.7. The van der Waals surface area contributed by atoms with Crippen LogP contribution in [0, 0.1) is 6.92 Å². The first-order chi connectivity index (χ1) is 18.8. The largest absolute Gasteiger partial charge is 0.508 e. The van der Waals surface area contributed by atoms with Crippen molar-refractivity contribution in [1.29, 1.82) is 0 Å². The molecule has 200 valence electrons. The number of phenols is 1. The third-order valence-electron chi connectivity index (χ3n) is 7.77. The van der Waals surface area contributed by atoms with Crippen LogP contribution < -0.4 is 10.9 Å². The molecule has 6 rings (SSSR count). The van der Waals surface area contributed by atoms with Crippen LogP contribution >= 0.6 is 0 Å². The minimum atomic E-state index is -1.17. The first kappa shape index (κ1) is 24.8. The van der Waals surface area contributed by atoms with E-state index in [1.54, 1.807) is 24.4 Å². The number of carboxylic acids is 1. The summed E-state index contributed by atoms with van der Waals surface area (Å²) in [5, 5.41) is 24.7. The topological polar surface area (TPSA) is 146 Å². The lowest BCUT2D eigenvalue weighted by molar-refractivity contribution is -0.141. The van der Waals surface area contributed by atoms with Crippen molar-refractivity contribution in [1.82, 2.24) is 10.3 Å². The van der Waals surface area contributed by atoms with Crippen LogP contribution in [-0.2, 0) is 35.3 Å². The minimum absolute atomic E-state index is 0.0344. The molecule has 0 saturated heterocycles. The molecule has 1 amide bonds. The van der Waals surface area contributed by atoms with Crippen LogP contribution in [0.5, 0.6) is 5.75 Å². The number of amides is 1. The number of aryl methyl sites for hydroxylation is 3. The van der Waals surface area contributed by atoms with Gasteiger partial charge in [0, 0.05) is 64.3 Å². The number of hydrogen-bond donors (Lipinski definition) is 4. The van der Waals surface area contributed by atoms with E-state index in [1.807, 2.05) is 13.0 Å². The number of aliphatic carboxylic acids is 1. The molecule has 9 nitrogen and oxygen atoms in total. The van der Waals surface area contributed by atoms with E-state index in [2.05, 4.69) is 10.3 Å². The highest BCUT2D eigenvalue weighted by molar-refractivity contribution is 5.97. The number of benzene rings is 2. The molecule has 3 heterocycles. The fourth-order valence-electron chi connectivity index (χ4n) is 5.69. The third kappa shape index (κ3) is 4.54. The lowest BCUT2D eigenvalue weighted by Gasteiger charge is -2.15. The molecule has 0 spiro atoms. The summed E-state index contributed by atoms with van der Waals surface area (Å²) in [5.74, 6) is -0.590. The molecular formula is C30H28N2O7. The molecule has 0 fully saturated rings. The van der Waals surface area contributed by atoms with E-state index in [4.69, 9.17) is 8.83 Å². The SMILES string of the molecule is Cc1c(CCC(=O)N[C@@H](Cc2c[nH]c3ccc(O)cc23)C(=O)O)c(=O)oc2cc3oc4c(c3cc12)CCCC4. The quantitative estimate of drug-likeness (QED) is 0.225. The summed E-state index contributed by atoms with van der Waals surface area (Å²) >= 11 is 0. The van der Waals surface area contributed by atoms with Crippen LogP contribution in [0.3, 0.4) is 0 Å². The molecule has 0 bridgehead atoms. The van der Waals surface area contributed by atoms with Gasteiger partial charge in [-0.05, 0) is 68.0 Å². The molecule has 5 aromatic rings. The van der Waals surface area contributed by atoms with Gasteiger partial charge in [0.1, 0.15) is 28.7 Å². The van der Waals surface area contributed by atoms with Gasteiger partial charge in [-0.2, -0.15) is 0 Å². The molecular weight excluding hydrogens is 500 g/mol. The maximum Gasteiger partial charge on any atom is 0.339 e. The van der Waals surface area contributed by atoms with Gasteiger partial charge in [0.25, 0.3) is 0 Å². The zero-order chi connectivity index (χ0) is 27.3. The van der Waals surface area contributed by atoms with Crippen molar-refractivity contribution in [2.45, 2.75) is 57.9 Å². The standard InChI is InChI=1S/C30H28N2O7/c1-15-18(30(37)39-26-13-27-22(12-20(15)26)19-4-2-3-5-25(19)38-27)7-9-28(34)32-24(29(35)36)10-16-14-31-23-8-6-17(33)11-21(16)23/h6,8,11-14,24,31,33H,2-5,7,9-10H2,1H3,(H,32,34)(H,35,36)/t24-/m0/s1. The third-order valence-corrected chi connectivity index (χ3v) is 7.77. The Morgan fingerprint density at radius 3 is 2.67 bits per heavy atom. The Bertz CT molecular complexity index is 1820. The zero-order valence-corrected chi connectivity index (χ0v) is 21.4. The lowest BCUT2D eigenvalue weighted by Crippen LogP contribution is -2.42. The van der Waals surface area contributed by atoms with Gasteiger partial charge >= 0.3 is 11.6 Å². The molecule has 0 saturated carbocycles.